The molecule has 2 N–H and O–H groups in total. The number of ether oxygens (including phenoxy) is 2. The van der Waals surface area contributed by atoms with Crippen LogP contribution < -0.4 is 5.73 Å². The van der Waals surface area contributed by atoms with Crippen LogP contribution >= 0.6 is 0 Å². The first-order valence-corrected chi connectivity index (χ1v) is 6.35. The number of furan rings is 1. The summed E-state index contributed by atoms with van der Waals surface area (Å²) in [6, 6.07) is 1.87. The van der Waals surface area contributed by atoms with Gasteiger partial charge >= 0.3 is 5.97 Å². The number of aryl methyl sites for hydroxylation is 1. The highest BCUT2D eigenvalue weighted by molar-refractivity contribution is 5.87. The molecule has 1 saturated heterocycles. The highest BCUT2D eigenvalue weighted by Crippen LogP contribution is 2.18. The summed E-state index contributed by atoms with van der Waals surface area (Å²) in [5.41, 5.74) is 6.41. The summed E-state index contributed by atoms with van der Waals surface area (Å²) in [7, 11) is 1.35. The Morgan fingerprint density at radius 2 is 2.42 bits per heavy atom. The fraction of sp³-hybridized carbons (Fsp3) is 0.615. The molecule has 6 nitrogen and oxygen atoms in total. The van der Waals surface area contributed by atoms with E-state index in [4.69, 9.17) is 14.9 Å². The second-order valence-electron chi connectivity index (χ2n) is 4.68. The molecule has 1 aromatic heterocycles. The number of morpholine rings is 1. The van der Waals surface area contributed by atoms with Crippen LogP contribution in [0.5, 0.6) is 0 Å². The Bertz CT molecular complexity index is 444. The molecule has 0 aliphatic carbocycles. The van der Waals surface area contributed by atoms with Gasteiger partial charge in [-0.3, -0.25) is 4.90 Å². The molecule has 1 fully saturated rings. The highest BCUT2D eigenvalue weighted by atomic mass is 16.5. The minimum absolute atomic E-state index is 0.0740. The molecule has 6 heteroatoms. The van der Waals surface area contributed by atoms with Crippen molar-refractivity contribution >= 4 is 5.97 Å². The molecule has 0 saturated carbocycles. The van der Waals surface area contributed by atoms with Crippen molar-refractivity contribution in [2.24, 2.45) is 5.73 Å². The molecule has 19 heavy (non-hydrogen) atoms. The van der Waals surface area contributed by atoms with Gasteiger partial charge < -0.3 is 19.6 Å². The Balaban J connectivity index is 2.01. The predicted octanol–water partition coefficient (Wildman–Crippen LogP) is 0.534. The topological polar surface area (TPSA) is 77.9 Å². The van der Waals surface area contributed by atoms with Crippen LogP contribution in [0.3, 0.4) is 0 Å². The molecular formula is C13H20N2O4. The maximum absolute atomic E-state index is 11.5. The summed E-state index contributed by atoms with van der Waals surface area (Å²) >= 11 is 0. The SMILES string of the molecule is COC(=O)c1oc(CN2CCOC(CN)C2)cc1C. The molecule has 1 aliphatic heterocycles. The highest BCUT2D eigenvalue weighted by Gasteiger charge is 2.22. The Morgan fingerprint density at radius 1 is 1.63 bits per heavy atom. The van der Waals surface area contributed by atoms with Crippen molar-refractivity contribution in [3.8, 4) is 0 Å². The van der Waals surface area contributed by atoms with Crippen LogP contribution in [-0.2, 0) is 16.0 Å². The average molecular weight is 268 g/mol. The number of hydrogen-bond donors (Lipinski definition) is 1. The van der Waals surface area contributed by atoms with Crippen molar-refractivity contribution in [3.05, 3.63) is 23.2 Å². The van der Waals surface area contributed by atoms with E-state index in [0.717, 1.165) is 24.4 Å². The zero-order valence-electron chi connectivity index (χ0n) is 11.3. The van der Waals surface area contributed by atoms with Crippen molar-refractivity contribution in [3.63, 3.8) is 0 Å². The van der Waals surface area contributed by atoms with E-state index in [1.165, 1.54) is 7.11 Å². The second kappa shape index (κ2) is 6.18. The molecule has 1 aromatic rings. The van der Waals surface area contributed by atoms with Crippen LogP contribution in [0.15, 0.2) is 10.5 Å². The van der Waals surface area contributed by atoms with Crippen molar-refractivity contribution in [2.75, 3.05) is 33.4 Å². The van der Waals surface area contributed by atoms with Gasteiger partial charge in [0, 0.05) is 25.2 Å². The number of rotatable bonds is 4. The van der Waals surface area contributed by atoms with Gasteiger partial charge in [-0.2, -0.15) is 0 Å². The smallest absolute Gasteiger partial charge is 0.374 e. The van der Waals surface area contributed by atoms with Crippen molar-refractivity contribution in [1.29, 1.82) is 0 Å². The molecule has 2 heterocycles. The van der Waals surface area contributed by atoms with E-state index in [2.05, 4.69) is 9.64 Å². The summed E-state index contributed by atoms with van der Waals surface area (Å²) in [6.45, 7) is 5.29. The first-order chi connectivity index (χ1) is 9.13. The fourth-order valence-electron chi connectivity index (χ4n) is 2.21. The predicted molar refractivity (Wildman–Crippen MR) is 68.9 cm³/mol. The zero-order valence-corrected chi connectivity index (χ0v) is 11.3. The number of methoxy groups -OCH3 is 1. The molecule has 0 aromatic carbocycles. The third kappa shape index (κ3) is 3.34. The first kappa shape index (κ1) is 14.0. The summed E-state index contributed by atoms with van der Waals surface area (Å²) < 4.78 is 15.7. The summed E-state index contributed by atoms with van der Waals surface area (Å²) in [5.74, 6) is 0.599. The van der Waals surface area contributed by atoms with E-state index in [0.29, 0.717) is 19.7 Å². The standard InChI is InChI=1S/C13H20N2O4/c1-9-5-10(19-12(9)13(16)17-2)7-15-3-4-18-11(6-14)8-15/h5,11H,3-4,6-8,14H2,1-2H3. The van der Waals surface area contributed by atoms with Gasteiger partial charge in [-0.15, -0.1) is 0 Å². The van der Waals surface area contributed by atoms with Gasteiger partial charge in [-0.1, -0.05) is 0 Å². The monoisotopic (exact) mass is 268 g/mol. The van der Waals surface area contributed by atoms with Crippen LogP contribution in [0, 0.1) is 6.92 Å². The van der Waals surface area contributed by atoms with Crippen molar-refractivity contribution in [2.45, 2.75) is 19.6 Å². The quantitative estimate of drug-likeness (QED) is 0.803. The van der Waals surface area contributed by atoms with Gasteiger partial charge in [0.05, 0.1) is 26.4 Å². The number of esters is 1. The molecular weight excluding hydrogens is 248 g/mol. The minimum Gasteiger partial charge on any atom is -0.463 e. The molecule has 0 spiro atoms. The van der Waals surface area contributed by atoms with Crippen LogP contribution in [0.25, 0.3) is 0 Å². The van der Waals surface area contributed by atoms with Gasteiger partial charge in [0.15, 0.2) is 0 Å². The Hall–Kier alpha value is -1.37. The maximum Gasteiger partial charge on any atom is 0.374 e. The van der Waals surface area contributed by atoms with Gasteiger partial charge in [0.1, 0.15) is 5.76 Å². The number of carbonyl (C=O) groups is 1. The summed E-state index contributed by atoms with van der Waals surface area (Å²) in [6.07, 6.45) is 0.0740. The Kier molecular flexibility index (Phi) is 4.57. The number of hydrogen-bond acceptors (Lipinski definition) is 6. The van der Waals surface area contributed by atoms with Gasteiger partial charge in [-0.05, 0) is 13.0 Å². The molecule has 106 valence electrons. The normalized spacial score (nSPS) is 20.5. The van der Waals surface area contributed by atoms with E-state index in [1.54, 1.807) is 0 Å². The fourth-order valence-corrected chi connectivity index (χ4v) is 2.21. The lowest BCUT2D eigenvalue weighted by atomic mass is 10.2. The van der Waals surface area contributed by atoms with Gasteiger partial charge in [-0.25, -0.2) is 4.79 Å². The molecule has 1 atom stereocenters. The Labute approximate surface area is 112 Å². The lowest BCUT2D eigenvalue weighted by molar-refractivity contribution is -0.0279. The van der Waals surface area contributed by atoms with Crippen LogP contribution in [-0.4, -0.2) is 50.3 Å². The lowest BCUT2D eigenvalue weighted by Gasteiger charge is -2.31. The minimum atomic E-state index is -0.439. The van der Waals surface area contributed by atoms with Crippen molar-refractivity contribution < 1.29 is 18.7 Å². The number of carbonyl (C=O) groups excluding carboxylic acids is 1. The van der Waals surface area contributed by atoms with E-state index in [1.807, 2.05) is 13.0 Å². The van der Waals surface area contributed by atoms with Gasteiger partial charge in [0.25, 0.3) is 0 Å². The number of nitrogens with two attached hydrogens (primary N) is 1. The molecule has 0 amide bonds. The second-order valence-corrected chi connectivity index (χ2v) is 4.68. The van der Waals surface area contributed by atoms with Gasteiger partial charge in [0.2, 0.25) is 5.76 Å². The molecule has 0 bridgehead atoms. The van der Waals surface area contributed by atoms with E-state index < -0.39 is 5.97 Å². The average Bonchev–Trinajstić information content (AvgIpc) is 2.79. The third-order valence-corrected chi connectivity index (χ3v) is 3.20. The maximum atomic E-state index is 11.5. The summed E-state index contributed by atoms with van der Waals surface area (Å²) in [5, 5.41) is 0. The van der Waals surface area contributed by atoms with Crippen LogP contribution in [0.1, 0.15) is 21.9 Å². The van der Waals surface area contributed by atoms with E-state index in [-0.39, 0.29) is 11.9 Å². The summed E-state index contributed by atoms with van der Waals surface area (Å²) in [4.78, 5) is 13.7. The Morgan fingerprint density at radius 3 is 3.11 bits per heavy atom. The van der Waals surface area contributed by atoms with Crippen LogP contribution in [0.4, 0.5) is 0 Å². The zero-order chi connectivity index (χ0) is 13.8. The number of nitrogens with zero attached hydrogens (tertiary/aromatic N) is 1. The first-order valence-electron chi connectivity index (χ1n) is 6.35. The molecule has 1 aliphatic rings. The lowest BCUT2D eigenvalue weighted by Crippen LogP contribution is -2.45. The van der Waals surface area contributed by atoms with E-state index in [9.17, 15) is 4.79 Å². The largest absolute Gasteiger partial charge is 0.463 e. The van der Waals surface area contributed by atoms with E-state index >= 15 is 0 Å². The third-order valence-electron chi connectivity index (χ3n) is 3.20. The van der Waals surface area contributed by atoms with Crippen LogP contribution in [0.2, 0.25) is 0 Å². The molecule has 2 rings (SSSR count). The molecule has 1 unspecified atom stereocenters. The molecule has 0 radical (unpaired) electrons. The van der Waals surface area contributed by atoms with Crippen molar-refractivity contribution in [1.82, 2.24) is 4.90 Å².